The van der Waals surface area contributed by atoms with Crippen LogP contribution in [-0.2, 0) is 7.05 Å². The van der Waals surface area contributed by atoms with Crippen molar-refractivity contribution in [2.24, 2.45) is 7.05 Å². The molecule has 1 aliphatic rings. The van der Waals surface area contributed by atoms with Gasteiger partial charge in [0, 0.05) is 17.4 Å². The minimum Gasteiger partial charge on any atom is -0.299 e. The number of fused-ring (bicyclic) bond motifs is 1. The van der Waals surface area contributed by atoms with E-state index in [1.165, 1.54) is 19.3 Å². The molecule has 0 spiro atoms. The van der Waals surface area contributed by atoms with Gasteiger partial charge in [-0.2, -0.15) is 0 Å². The van der Waals surface area contributed by atoms with Gasteiger partial charge in [0.05, 0.1) is 10.9 Å². The van der Waals surface area contributed by atoms with Crippen LogP contribution in [-0.4, -0.2) is 9.55 Å². The van der Waals surface area contributed by atoms with E-state index in [2.05, 4.69) is 15.9 Å². The molecule has 0 saturated heterocycles. The number of hydrogen-bond donors (Lipinski definition) is 0. The van der Waals surface area contributed by atoms with Gasteiger partial charge in [0.2, 0.25) is 0 Å². The van der Waals surface area contributed by atoms with E-state index < -0.39 is 0 Å². The molecule has 1 fully saturated rings. The second kappa shape index (κ2) is 5.32. The van der Waals surface area contributed by atoms with Crippen molar-refractivity contribution in [1.82, 2.24) is 9.55 Å². The minimum atomic E-state index is 0.0694. The Morgan fingerprint density at radius 1 is 1.25 bits per heavy atom. The van der Waals surface area contributed by atoms with E-state index in [1.807, 2.05) is 26.1 Å². The van der Waals surface area contributed by atoms with Gasteiger partial charge in [-0.05, 0) is 53.4 Å². The molecule has 3 nitrogen and oxygen atoms in total. The van der Waals surface area contributed by atoms with Crippen molar-refractivity contribution >= 4 is 26.8 Å². The molecule has 2 aromatic rings. The Hall–Kier alpha value is -1.16. The first kappa shape index (κ1) is 13.8. The van der Waals surface area contributed by atoms with Crippen LogP contribution in [0.2, 0.25) is 0 Å². The van der Waals surface area contributed by atoms with Crippen molar-refractivity contribution in [3.8, 4) is 0 Å². The van der Waals surface area contributed by atoms with Crippen molar-refractivity contribution in [1.29, 1.82) is 0 Å². The summed E-state index contributed by atoms with van der Waals surface area (Å²) in [5.74, 6) is 1.38. The van der Waals surface area contributed by atoms with Gasteiger partial charge in [-0.1, -0.05) is 19.3 Å². The minimum absolute atomic E-state index is 0.0694. The third-order valence-electron chi connectivity index (χ3n) is 4.28. The molecule has 1 aromatic heterocycles. The third kappa shape index (κ3) is 2.30. The van der Waals surface area contributed by atoms with Crippen LogP contribution in [0, 0.1) is 6.92 Å². The van der Waals surface area contributed by atoms with E-state index in [0.717, 1.165) is 34.2 Å². The second-order valence-electron chi connectivity index (χ2n) is 5.81. The average molecular weight is 335 g/mol. The Balaban J connectivity index is 2.24. The maximum atomic E-state index is 12.6. The van der Waals surface area contributed by atoms with Crippen LogP contribution < -0.4 is 5.56 Å². The predicted octanol–water partition coefficient (Wildman–Crippen LogP) is 4.05. The van der Waals surface area contributed by atoms with Crippen molar-refractivity contribution in [2.75, 3.05) is 0 Å². The highest BCUT2D eigenvalue weighted by Gasteiger charge is 2.21. The summed E-state index contributed by atoms with van der Waals surface area (Å²) in [5, 5.41) is 0.707. The van der Waals surface area contributed by atoms with E-state index in [1.54, 1.807) is 4.57 Å². The van der Waals surface area contributed by atoms with Gasteiger partial charge >= 0.3 is 0 Å². The van der Waals surface area contributed by atoms with Crippen LogP contribution in [0.5, 0.6) is 0 Å². The Labute approximate surface area is 127 Å². The molecule has 0 amide bonds. The van der Waals surface area contributed by atoms with Crippen molar-refractivity contribution in [3.63, 3.8) is 0 Å². The molecule has 1 heterocycles. The molecule has 0 atom stereocenters. The van der Waals surface area contributed by atoms with Gasteiger partial charge in [-0.3, -0.25) is 9.36 Å². The fourth-order valence-electron chi connectivity index (χ4n) is 3.21. The summed E-state index contributed by atoms with van der Waals surface area (Å²) in [4.78, 5) is 17.4. The Bertz CT molecular complexity index is 714. The van der Waals surface area contributed by atoms with Crippen LogP contribution in [0.25, 0.3) is 10.9 Å². The fraction of sp³-hybridized carbons (Fsp3) is 0.500. The van der Waals surface area contributed by atoms with Crippen LogP contribution in [0.15, 0.2) is 21.4 Å². The SMILES string of the molecule is Cc1cc(Br)c2nc(C3CCCCC3)n(C)c(=O)c2c1. The third-order valence-corrected chi connectivity index (χ3v) is 4.89. The molecule has 20 heavy (non-hydrogen) atoms. The van der Waals surface area contributed by atoms with Gasteiger partial charge in [0.15, 0.2) is 0 Å². The molecule has 1 aromatic carbocycles. The lowest BCUT2D eigenvalue weighted by atomic mass is 9.88. The highest BCUT2D eigenvalue weighted by atomic mass is 79.9. The van der Waals surface area contributed by atoms with E-state index in [4.69, 9.17) is 4.98 Å². The van der Waals surface area contributed by atoms with E-state index in [0.29, 0.717) is 11.3 Å². The molecular weight excluding hydrogens is 316 g/mol. The Kier molecular flexibility index (Phi) is 3.67. The molecule has 3 rings (SSSR count). The number of nitrogens with zero attached hydrogens (tertiary/aromatic N) is 2. The summed E-state index contributed by atoms with van der Waals surface area (Å²) in [6, 6.07) is 3.96. The normalized spacial score (nSPS) is 16.8. The zero-order valence-electron chi connectivity index (χ0n) is 11.9. The first-order valence-corrected chi connectivity index (χ1v) is 8.04. The van der Waals surface area contributed by atoms with E-state index in [9.17, 15) is 4.79 Å². The van der Waals surface area contributed by atoms with Crippen LogP contribution in [0.1, 0.15) is 49.4 Å². The average Bonchev–Trinajstić information content (AvgIpc) is 2.44. The molecule has 0 radical (unpaired) electrons. The molecule has 1 aliphatic carbocycles. The van der Waals surface area contributed by atoms with Crippen LogP contribution >= 0.6 is 15.9 Å². The Morgan fingerprint density at radius 2 is 1.95 bits per heavy atom. The number of rotatable bonds is 1. The quantitative estimate of drug-likeness (QED) is 0.788. The molecule has 4 heteroatoms. The molecule has 0 bridgehead atoms. The molecule has 106 valence electrons. The van der Waals surface area contributed by atoms with E-state index in [-0.39, 0.29) is 5.56 Å². The molecule has 0 aliphatic heterocycles. The van der Waals surface area contributed by atoms with Crippen molar-refractivity contribution in [3.05, 3.63) is 38.3 Å². The zero-order valence-corrected chi connectivity index (χ0v) is 13.5. The summed E-state index contributed by atoms with van der Waals surface area (Å²) < 4.78 is 2.67. The first-order valence-electron chi connectivity index (χ1n) is 7.24. The lowest BCUT2D eigenvalue weighted by Gasteiger charge is -2.23. The zero-order chi connectivity index (χ0) is 14.3. The van der Waals surface area contributed by atoms with Crippen LogP contribution in [0.3, 0.4) is 0 Å². The van der Waals surface area contributed by atoms with Crippen molar-refractivity contribution < 1.29 is 0 Å². The monoisotopic (exact) mass is 334 g/mol. The second-order valence-corrected chi connectivity index (χ2v) is 6.67. The van der Waals surface area contributed by atoms with Gasteiger partial charge in [0.1, 0.15) is 5.82 Å². The highest BCUT2D eigenvalue weighted by Crippen LogP contribution is 2.32. The number of hydrogen-bond acceptors (Lipinski definition) is 2. The van der Waals surface area contributed by atoms with Crippen LogP contribution in [0.4, 0.5) is 0 Å². The largest absolute Gasteiger partial charge is 0.299 e. The molecule has 0 N–H and O–H groups in total. The number of halogens is 1. The summed E-state index contributed by atoms with van der Waals surface area (Å²) >= 11 is 3.55. The maximum absolute atomic E-state index is 12.6. The molecule has 0 unspecified atom stereocenters. The topological polar surface area (TPSA) is 34.9 Å². The lowest BCUT2D eigenvalue weighted by Crippen LogP contribution is -2.25. The Morgan fingerprint density at radius 3 is 2.65 bits per heavy atom. The summed E-state index contributed by atoms with van der Waals surface area (Å²) in [5.41, 5.74) is 1.95. The fourth-order valence-corrected chi connectivity index (χ4v) is 3.87. The standard InChI is InChI=1S/C16H19BrN2O/c1-10-8-12-14(13(17)9-10)18-15(19(2)16(12)20)11-6-4-3-5-7-11/h8-9,11H,3-7H2,1-2H3. The number of aryl methyl sites for hydroxylation is 1. The lowest BCUT2D eigenvalue weighted by molar-refractivity contribution is 0.417. The van der Waals surface area contributed by atoms with Crippen molar-refractivity contribution in [2.45, 2.75) is 44.9 Å². The molecule has 1 saturated carbocycles. The van der Waals surface area contributed by atoms with Gasteiger partial charge in [-0.15, -0.1) is 0 Å². The van der Waals surface area contributed by atoms with Gasteiger partial charge < -0.3 is 0 Å². The summed E-state index contributed by atoms with van der Waals surface area (Å²) in [6.07, 6.45) is 6.09. The molecular formula is C16H19BrN2O. The smallest absolute Gasteiger partial charge is 0.261 e. The van der Waals surface area contributed by atoms with E-state index >= 15 is 0 Å². The number of benzene rings is 1. The highest BCUT2D eigenvalue weighted by molar-refractivity contribution is 9.10. The van der Waals surface area contributed by atoms with Gasteiger partial charge in [-0.25, -0.2) is 4.98 Å². The maximum Gasteiger partial charge on any atom is 0.261 e. The summed E-state index contributed by atoms with van der Waals surface area (Å²) in [6.45, 7) is 2.00. The predicted molar refractivity (Wildman–Crippen MR) is 85.2 cm³/mol. The van der Waals surface area contributed by atoms with Gasteiger partial charge in [0.25, 0.3) is 5.56 Å². The first-order chi connectivity index (χ1) is 9.58. The number of aromatic nitrogens is 2. The summed E-state index contributed by atoms with van der Waals surface area (Å²) in [7, 11) is 1.86.